The normalized spacial score (nSPS) is 21.4. The molecule has 2 aliphatic heterocycles. The lowest BCUT2D eigenvalue weighted by Crippen LogP contribution is -2.55. The Morgan fingerprint density at radius 1 is 1.40 bits per heavy atom. The molecule has 20 heavy (non-hydrogen) atoms. The number of rotatable bonds is 1. The zero-order valence-corrected chi connectivity index (χ0v) is 10.8. The summed E-state index contributed by atoms with van der Waals surface area (Å²) in [6, 6.07) is 2.76. The first kappa shape index (κ1) is 12.6. The van der Waals surface area contributed by atoms with E-state index >= 15 is 0 Å². The van der Waals surface area contributed by atoms with E-state index in [1.165, 1.54) is 4.90 Å². The third-order valence-corrected chi connectivity index (χ3v) is 3.51. The molecule has 2 N–H and O–H groups in total. The van der Waals surface area contributed by atoms with Crippen LogP contribution in [0.1, 0.15) is 18.4 Å². The summed E-state index contributed by atoms with van der Waals surface area (Å²) in [6.07, 6.45) is 2.97. The van der Waals surface area contributed by atoms with Crippen LogP contribution in [-0.4, -0.2) is 35.4 Å². The van der Waals surface area contributed by atoms with Crippen molar-refractivity contribution in [3.63, 3.8) is 0 Å². The van der Waals surface area contributed by atoms with Crippen LogP contribution in [-0.2, 0) is 16.0 Å². The number of amides is 4. The predicted molar refractivity (Wildman–Crippen MR) is 70.0 cm³/mol. The fraction of sp³-hybridized carbons (Fsp3) is 0.385. The molecule has 4 amide bonds. The first-order valence-electron chi connectivity index (χ1n) is 6.51. The molecule has 3 rings (SSSR count). The minimum absolute atomic E-state index is 0.242. The van der Waals surface area contributed by atoms with Crippen LogP contribution < -0.4 is 15.5 Å². The second-order valence-corrected chi connectivity index (χ2v) is 4.84. The number of imide groups is 1. The van der Waals surface area contributed by atoms with Gasteiger partial charge in [0.05, 0.1) is 0 Å². The van der Waals surface area contributed by atoms with Crippen LogP contribution in [0, 0.1) is 0 Å². The molecule has 3 heterocycles. The number of carbonyl (C=O) groups excluding carboxylic acids is 3. The highest BCUT2D eigenvalue weighted by Crippen LogP contribution is 2.24. The molecule has 0 saturated carbocycles. The average molecular weight is 274 g/mol. The Balaban J connectivity index is 1.69. The van der Waals surface area contributed by atoms with Gasteiger partial charge in [0.1, 0.15) is 11.9 Å². The Bertz CT molecular complexity index is 587. The van der Waals surface area contributed by atoms with Crippen LogP contribution >= 0.6 is 0 Å². The number of piperidine rings is 1. The van der Waals surface area contributed by atoms with E-state index in [-0.39, 0.29) is 18.4 Å². The fourth-order valence-electron chi connectivity index (χ4n) is 2.46. The van der Waals surface area contributed by atoms with E-state index in [0.29, 0.717) is 18.8 Å². The predicted octanol–water partition coefficient (Wildman–Crippen LogP) is -0.0411. The van der Waals surface area contributed by atoms with Gasteiger partial charge in [-0.1, -0.05) is 6.07 Å². The molecule has 0 radical (unpaired) electrons. The Labute approximate surface area is 115 Å². The lowest BCUT2D eigenvalue weighted by Gasteiger charge is -2.24. The molecule has 0 unspecified atom stereocenters. The van der Waals surface area contributed by atoms with E-state index < -0.39 is 11.9 Å². The number of hydrogen-bond acceptors (Lipinski definition) is 4. The van der Waals surface area contributed by atoms with Gasteiger partial charge >= 0.3 is 6.03 Å². The third-order valence-electron chi connectivity index (χ3n) is 3.51. The van der Waals surface area contributed by atoms with Gasteiger partial charge in [0, 0.05) is 19.2 Å². The summed E-state index contributed by atoms with van der Waals surface area (Å²) in [5.41, 5.74) is 1.02. The second-order valence-electron chi connectivity index (χ2n) is 4.84. The van der Waals surface area contributed by atoms with Crippen molar-refractivity contribution < 1.29 is 14.4 Å². The molecule has 1 aromatic rings. The van der Waals surface area contributed by atoms with Crippen LogP contribution in [0.5, 0.6) is 0 Å². The lowest BCUT2D eigenvalue weighted by atomic mass is 10.1. The summed E-state index contributed by atoms with van der Waals surface area (Å²) in [6.45, 7) is 0.547. The highest BCUT2D eigenvalue weighted by atomic mass is 16.2. The molecule has 1 atom stereocenters. The first-order chi connectivity index (χ1) is 9.65. The monoisotopic (exact) mass is 274 g/mol. The highest BCUT2D eigenvalue weighted by molar-refractivity contribution is 6.03. The minimum Gasteiger partial charge on any atom is -0.326 e. The molecule has 7 heteroatoms. The van der Waals surface area contributed by atoms with E-state index in [9.17, 15) is 14.4 Å². The van der Waals surface area contributed by atoms with Gasteiger partial charge in [0.15, 0.2) is 0 Å². The maximum atomic E-state index is 12.2. The summed E-state index contributed by atoms with van der Waals surface area (Å²) in [4.78, 5) is 40.6. The molecular formula is C13H14N4O3. The molecule has 7 nitrogen and oxygen atoms in total. The average Bonchev–Trinajstić information content (AvgIpc) is 2.86. The number of aromatic nitrogens is 1. The van der Waals surface area contributed by atoms with E-state index in [4.69, 9.17) is 0 Å². The van der Waals surface area contributed by atoms with Gasteiger partial charge in [-0.2, -0.15) is 0 Å². The molecule has 1 fully saturated rings. The summed E-state index contributed by atoms with van der Waals surface area (Å²) >= 11 is 0. The molecule has 2 aliphatic rings. The van der Waals surface area contributed by atoms with Crippen molar-refractivity contribution >= 4 is 23.7 Å². The van der Waals surface area contributed by atoms with Crippen LogP contribution in [0.25, 0.3) is 0 Å². The number of fused-ring (bicyclic) bond motifs is 1. The summed E-state index contributed by atoms with van der Waals surface area (Å²) in [5.74, 6) is -0.110. The maximum Gasteiger partial charge on any atom is 0.323 e. The van der Waals surface area contributed by atoms with Crippen molar-refractivity contribution in [3.8, 4) is 0 Å². The molecular weight excluding hydrogens is 260 g/mol. The smallest absolute Gasteiger partial charge is 0.323 e. The lowest BCUT2D eigenvalue weighted by molar-refractivity contribution is -0.134. The molecule has 1 saturated heterocycles. The molecule has 104 valence electrons. The van der Waals surface area contributed by atoms with Crippen molar-refractivity contribution in [2.45, 2.75) is 25.3 Å². The highest BCUT2D eigenvalue weighted by Gasteiger charge is 2.32. The van der Waals surface area contributed by atoms with Crippen molar-refractivity contribution in [1.82, 2.24) is 15.6 Å². The zero-order chi connectivity index (χ0) is 14.1. The largest absolute Gasteiger partial charge is 0.326 e. The second kappa shape index (κ2) is 4.92. The van der Waals surface area contributed by atoms with Crippen molar-refractivity contribution in [1.29, 1.82) is 0 Å². The van der Waals surface area contributed by atoms with E-state index in [0.717, 1.165) is 12.0 Å². The van der Waals surface area contributed by atoms with E-state index in [1.807, 2.05) is 12.1 Å². The Morgan fingerprint density at radius 3 is 3.05 bits per heavy atom. The van der Waals surface area contributed by atoms with Crippen molar-refractivity contribution in [2.24, 2.45) is 0 Å². The molecule has 1 aromatic heterocycles. The van der Waals surface area contributed by atoms with Gasteiger partial charge in [-0.3, -0.25) is 19.8 Å². The summed E-state index contributed by atoms with van der Waals surface area (Å²) < 4.78 is 0. The number of nitrogens with one attached hydrogen (secondary N) is 2. The third kappa shape index (κ3) is 2.22. The van der Waals surface area contributed by atoms with E-state index in [1.54, 1.807) is 6.20 Å². The molecule has 0 spiro atoms. The summed E-state index contributed by atoms with van der Waals surface area (Å²) in [7, 11) is 0. The van der Waals surface area contributed by atoms with Crippen LogP contribution in [0.2, 0.25) is 0 Å². The quantitative estimate of drug-likeness (QED) is 0.703. The topological polar surface area (TPSA) is 91.4 Å². The molecule has 0 aliphatic carbocycles. The number of anilines is 1. The van der Waals surface area contributed by atoms with Crippen molar-refractivity contribution in [2.75, 3.05) is 11.4 Å². The number of pyridine rings is 1. The number of hydrogen-bond donors (Lipinski definition) is 2. The zero-order valence-electron chi connectivity index (χ0n) is 10.8. The van der Waals surface area contributed by atoms with Crippen molar-refractivity contribution in [3.05, 3.63) is 23.9 Å². The summed E-state index contributed by atoms with van der Waals surface area (Å²) in [5, 5.41) is 4.87. The van der Waals surface area contributed by atoms with Gasteiger partial charge in [0.25, 0.3) is 0 Å². The van der Waals surface area contributed by atoms with Crippen LogP contribution in [0.15, 0.2) is 18.3 Å². The van der Waals surface area contributed by atoms with E-state index in [2.05, 4.69) is 15.6 Å². The first-order valence-corrected chi connectivity index (χ1v) is 6.51. The van der Waals surface area contributed by atoms with Gasteiger partial charge in [-0.15, -0.1) is 0 Å². The van der Waals surface area contributed by atoms with Gasteiger partial charge in [-0.25, -0.2) is 9.78 Å². The Morgan fingerprint density at radius 2 is 2.25 bits per heavy atom. The Hall–Kier alpha value is -2.44. The fourth-order valence-corrected chi connectivity index (χ4v) is 2.46. The minimum atomic E-state index is -0.659. The molecule has 0 aromatic carbocycles. The SMILES string of the molecule is O=C1CC[C@H](NC(=O)N2CCc3cccnc32)C(=O)N1. The molecule has 0 bridgehead atoms. The number of carbonyl (C=O) groups is 3. The van der Waals surface area contributed by atoms with Gasteiger partial charge < -0.3 is 5.32 Å². The standard InChI is InChI=1S/C13H14N4O3/c18-10-4-3-9(12(19)16-10)15-13(20)17-7-5-8-2-1-6-14-11(8)17/h1-2,6,9H,3-5,7H2,(H,15,20)(H,16,18,19)/t9-/m0/s1. The number of nitrogens with zero attached hydrogens (tertiary/aromatic N) is 2. The van der Waals surface area contributed by atoms with Gasteiger partial charge in [0.2, 0.25) is 11.8 Å². The maximum absolute atomic E-state index is 12.2. The van der Waals surface area contributed by atoms with Crippen LogP contribution in [0.3, 0.4) is 0 Å². The Kier molecular flexibility index (Phi) is 3.09. The number of urea groups is 1. The van der Waals surface area contributed by atoms with Gasteiger partial charge in [-0.05, 0) is 24.5 Å². The van der Waals surface area contributed by atoms with Crippen LogP contribution in [0.4, 0.5) is 10.6 Å².